The number of hydrogen-bond acceptors (Lipinski definition) is 6. The first-order valence-corrected chi connectivity index (χ1v) is 14.6. The van der Waals surface area contributed by atoms with Crippen LogP contribution in [0.5, 0.6) is 5.75 Å². The standard InChI is InChI=1S/C30H40N6O3/c1-20-9-15-36(27-6-4-3-5-24(20)27)29(37)26-18-28(32-19-31-26)34-13-11-22(12-14-34)35-16-10-21-17-23(39-2)7-8-25(21)33-30(35)38/h7-8,17-20,22,24,27H,3-6,9-16H2,1-2H3,(H,33,38). The van der Waals surface area contributed by atoms with Gasteiger partial charge in [0.25, 0.3) is 5.91 Å². The third-order valence-corrected chi connectivity index (χ3v) is 9.54. The number of fused-ring (bicyclic) bond motifs is 2. The molecule has 9 heteroatoms. The van der Waals surface area contributed by atoms with Crippen molar-refractivity contribution in [2.24, 2.45) is 11.8 Å². The van der Waals surface area contributed by atoms with Gasteiger partial charge in [0.1, 0.15) is 23.6 Å². The Kier molecular flexibility index (Phi) is 7.32. The van der Waals surface area contributed by atoms with Crippen LogP contribution in [0.2, 0.25) is 0 Å². The maximum Gasteiger partial charge on any atom is 0.322 e. The Bertz CT molecular complexity index is 1210. The summed E-state index contributed by atoms with van der Waals surface area (Å²) in [7, 11) is 1.66. The molecule has 208 valence electrons. The number of hydrogen-bond donors (Lipinski definition) is 1. The number of likely N-dealkylation sites (tertiary alicyclic amines) is 1. The second-order valence-corrected chi connectivity index (χ2v) is 11.7. The minimum absolute atomic E-state index is 0.0378. The van der Waals surface area contributed by atoms with Gasteiger partial charge in [-0.15, -0.1) is 0 Å². The monoisotopic (exact) mass is 532 g/mol. The number of methoxy groups -OCH3 is 1. The third kappa shape index (κ3) is 5.15. The normalized spacial score (nSPS) is 25.8. The molecule has 4 heterocycles. The SMILES string of the molecule is COc1ccc2c(c1)CCN(C1CCN(c3cc(C(=O)N4CCC(C)C5CCCCC54)ncn3)CC1)C(=O)N2. The van der Waals surface area contributed by atoms with Crippen molar-refractivity contribution >= 4 is 23.4 Å². The number of rotatable bonds is 4. The zero-order valence-corrected chi connectivity index (χ0v) is 23.1. The summed E-state index contributed by atoms with van der Waals surface area (Å²) in [6.07, 6.45) is 9.93. The fraction of sp³-hybridized carbons (Fsp3) is 0.600. The van der Waals surface area contributed by atoms with Gasteiger partial charge in [0, 0.05) is 50.0 Å². The zero-order chi connectivity index (χ0) is 26.9. The van der Waals surface area contributed by atoms with Gasteiger partial charge in [0.2, 0.25) is 0 Å². The summed E-state index contributed by atoms with van der Waals surface area (Å²) in [6.45, 7) is 5.42. The maximum absolute atomic E-state index is 13.6. The van der Waals surface area contributed by atoms with E-state index in [9.17, 15) is 9.59 Å². The first-order chi connectivity index (χ1) is 19.0. The molecule has 3 unspecified atom stereocenters. The average molecular weight is 533 g/mol. The minimum Gasteiger partial charge on any atom is -0.497 e. The number of ether oxygens (including phenoxy) is 1. The predicted octanol–water partition coefficient (Wildman–Crippen LogP) is 4.59. The van der Waals surface area contributed by atoms with Gasteiger partial charge in [-0.25, -0.2) is 14.8 Å². The molecular weight excluding hydrogens is 492 g/mol. The summed E-state index contributed by atoms with van der Waals surface area (Å²) in [5.74, 6) is 2.96. The minimum atomic E-state index is -0.0378. The second-order valence-electron chi connectivity index (χ2n) is 11.7. The van der Waals surface area contributed by atoms with Gasteiger partial charge in [-0.1, -0.05) is 19.8 Å². The van der Waals surface area contributed by atoms with E-state index in [0.29, 0.717) is 30.1 Å². The first kappa shape index (κ1) is 25.9. The largest absolute Gasteiger partial charge is 0.497 e. The van der Waals surface area contributed by atoms with Crippen LogP contribution in [0.1, 0.15) is 67.9 Å². The molecule has 1 saturated carbocycles. The fourth-order valence-electron chi connectivity index (χ4n) is 7.26. The Morgan fingerprint density at radius 1 is 1.00 bits per heavy atom. The highest BCUT2D eigenvalue weighted by molar-refractivity contribution is 5.93. The summed E-state index contributed by atoms with van der Waals surface area (Å²) < 4.78 is 5.36. The van der Waals surface area contributed by atoms with Crippen LogP contribution in [-0.2, 0) is 6.42 Å². The molecule has 39 heavy (non-hydrogen) atoms. The van der Waals surface area contributed by atoms with Crippen LogP contribution < -0.4 is 15.0 Å². The molecule has 1 N–H and O–H groups in total. The summed E-state index contributed by atoms with van der Waals surface area (Å²) in [5, 5.41) is 3.09. The highest BCUT2D eigenvalue weighted by Gasteiger charge is 2.40. The van der Waals surface area contributed by atoms with Gasteiger partial charge in [-0.3, -0.25) is 4.79 Å². The Morgan fingerprint density at radius 3 is 2.64 bits per heavy atom. The van der Waals surface area contributed by atoms with Gasteiger partial charge in [0.15, 0.2) is 0 Å². The number of amides is 3. The molecule has 3 atom stereocenters. The Hall–Kier alpha value is -3.36. The number of aromatic nitrogens is 2. The lowest BCUT2D eigenvalue weighted by Gasteiger charge is -2.47. The lowest BCUT2D eigenvalue weighted by atomic mass is 9.72. The van der Waals surface area contributed by atoms with E-state index in [0.717, 1.165) is 74.6 Å². The summed E-state index contributed by atoms with van der Waals surface area (Å²) in [5.41, 5.74) is 2.46. The van der Waals surface area contributed by atoms with Crippen LogP contribution in [0.15, 0.2) is 30.6 Å². The smallest absolute Gasteiger partial charge is 0.322 e. The average Bonchev–Trinajstić information content (AvgIpc) is 3.15. The van der Waals surface area contributed by atoms with Crippen molar-refractivity contribution in [3.8, 4) is 5.75 Å². The van der Waals surface area contributed by atoms with Gasteiger partial charge < -0.3 is 24.8 Å². The van der Waals surface area contributed by atoms with Crippen molar-refractivity contribution in [2.45, 2.75) is 70.4 Å². The van der Waals surface area contributed by atoms with Crippen molar-refractivity contribution in [1.29, 1.82) is 0 Å². The number of carbonyl (C=O) groups is 2. The van der Waals surface area contributed by atoms with Crippen molar-refractivity contribution in [3.63, 3.8) is 0 Å². The molecule has 2 aromatic rings. The van der Waals surface area contributed by atoms with Crippen molar-refractivity contribution in [1.82, 2.24) is 19.8 Å². The van der Waals surface area contributed by atoms with Crippen LogP contribution in [0, 0.1) is 11.8 Å². The molecule has 4 aliphatic rings. The molecule has 1 aliphatic carbocycles. The second kappa shape index (κ2) is 11.0. The number of nitrogens with zero attached hydrogens (tertiary/aromatic N) is 5. The van der Waals surface area contributed by atoms with Crippen molar-refractivity contribution in [2.75, 3.05) is 43.5 Å². The molecule has 9 nitrogen and oxygen atoms in total. The van der Waals surface area contributed by atoms with Crippen LogP contribution in [0.4, 0.5) is 16.3 Å². The quantitative estimate of drug-likeness (QED) is 0.620. The highest BCUT2D eigenvalue weighted by Crippen LogP contribution is 2.39. The predicted molar refractivity (Wildman–Crippen MR) is 150 cm³/mol. The topological polar surface area (TPSA) is 90.9 Å². The van der Waals surface area contributed by atoms with E-state index < -0.39 is 0 Å². The third-order valence-electron chi connectivity index (χ3n) is 9.54. The van der Waals surface area contributed by atoms with E-state index in [1.807, 2.05) is 29.2 Å². The van der Waals surface area contributed by atoms with Gasteiger partial charge in [-0.05, 0) is 74.1 Å². The summed E-state index contributed by atoms with van der Waals surface area (Å²) in [6, 6.07) is 8.16. The van der Waals surface area contributed by atoms with E-state index in [-0.39, 0.29) is 18.0 Å². The first-order valence-electron chi connectivity index (χ1n) is 14.6. The van der Waals surface area contributed by atoms with Gasteiger partial charge in [0.05, 0.1) is 7.11 Å². The Balaban J connectivity index is 1.09. The molecule has 3 fully saturated rings. The molecule has 0 spiro atoms. The van der Waals surface area contributed by atoms with E-state index in [4.69, 9.17) is 4.74 Å². The maximum atomic E-state index is 13.6. The molecule has 6 rings (SSSR count). The number of benzene rings is 1. The van der Waals surface area contributed by atoms with E-state index >= 15 is 0 Å². The molecule has 3 amide bonds. The zero-order valence-electron chi connectivity index (χ0n) is 23.1. The molecule has 0 radical (unpaired) electrons. The van der Waals surface area contributed by atoms with Crippen molar-refractivity contribution < 1.29 is 14.3 Å². The lowest BCUT2D eigenvalue weighted by Crippen LogP contribution is -2.52. The van der Waals surface area contributed by atoms with E-state index in [1.165, 1.54) is 25.6 Å². The highest BCUT2D eigenvalue weighted by atomic mass is 16.5. The van der Waals surface area contributed by atoms with Crippen LogP contribution >= 0.6 is 0 Å². The number of urea groups is 1. The summed E-state index contributed by atoms with van der Waals surface area (Å²) in [4.78, 5) is 42.0. The van der Waals surface area contributed by atoms with Gasteiger partial charge >= 0.3 is 6.03 Å². The van der Waals surface area contributed by atoms with Crippen LogP contribution in [-0.4, -0.2) is 77.1 Å². The van der Waals surface area contributed by atoms with Crippen LogP contribution in [0.25, 0.3) is 0 Å². The van der Waals surface area contributed by atoms with Crippen LogP contribution in [0.3, 0.4) is 0 Å². The molecule has 2 saturated heterocycles. The lowest BCUT2D eigenvalue weighted by molar-refractivity contribution is 0.0213. The Labute approximate surface area is 230 Å². The van der Waals surface area contributed by atoms with Gasteiger partial charge in [-0.2, -0.15) is 0 Å². The van der Waals surface area contributed by atoms with E-state index in [1.54, 1.807) is 7.11 Å². The molecular formula is C30H40N6O3. The number of anilines is 2. The summed E-state index contributed by atoms with van der Waals surface area (Å²) >= 11 is 0. The fourth-order valence-corrected chi connectivity index (χ4v) is 7.26. The molecule has 0 bridgehead atoms. The van der Waals surface area contributed by atoms with Crippen molar-refractivity contribution in [3.05, 3.63) is 41.9 Å². The Morgan fingerprint density at radius 2 is 1.82 bits per heavy atom. The molecule has 1 aromatic heterocycles. The number of piperidine rings is 2. The number of nitrogens with one attached hydrogen (secondary N) is 1. The van der Waals surface area contributed by atoms with E-state index in [2.05, 4.69) is 32.0 Å². The number of carbonyl (C=O) groups excluding carboxylic acids is 2. The molecule has 1 aromatic carbocycles. The molecule has 3 aliphatic heterocycles.